The quantitative estimate of drug-likeness (QED) is 0.936. The fourth-order valence-electron chi connectivity index (χ4n) is 1.63. The van der Waals surface area contributed by atoms with Crippen LogP contribution in [-0.2, 0) is 6.54 Å². The molecule has 1 N–H and O–H groups in total. The molecule has 1 heterocycles. The van der Waals surface area contributed by atoms with Crippen LogP contribution in [-0.4, -0.2) is 12.0 Å². The molecule has 0 unspecified atom stereocenters. The molecule has 0 atom stereocenters. The number of hydrogen-bond donors (Lipinski definition) is 1. The van der Waals surface area contributed by atoms with Gasteiger partial charge in [0.05, 0.1) is 0 Å². The second-order valence-electron chi connectivity index (χ2n) is 4.05. The summed E-state index contributed by atoms with van der Waals surface area (Å²) in [5.74, 6) is 1.44. The van der Waals surface area contributed by atoms with E-state index < -0.39 is 0 Å². The minimum Gasteiger partial charge on any atom is -0.439 e. The van der Waals surface area contributed by atoms with Crippen LogP contribution in [0.3, 0.4) is 0 Å². The number of halogens is 1. The zero-order valence-electron chi connectivity index (χ0n) is 10.4. The highest BCUT2D eigenvalue weighted by Crippen LogP contribution is 2.24. The van der Waals surface area contributed by atoms with Gasteiger partial charge in [-0.2, -0.15) is 0 Å². The van der Waals surface area contributed by atoms with Crippen molar-refractivity contribution >= 4 is 15.9 Å². The summed E-state index contributed by atoms with van der Waals surface area (Å²) in [7, 11) is 1.93. The zero-order chi connectivity index (χ0) is 13.0. The number of pyridine rings is 1. The number of hydrogen-bond acceptors (Lipinski definition) is 3. The summed E-state index contributed by atoms with van der Waals surface area (Å²) in [6.45, 7) is 2.83. The van der Waals surface area contributed by atoms with Crippen LogP contribution in [0.25, 0.3) is 0 Å². The molecule has 0 aliphatic carbocycles. The molecule has 0 saturated heterocycles. The smallest absolute Gasteiger partial charge is 0.222 e. The molecule has 94 valence electrons. The van der Waals surface area contributed by atoms with E-state index in [1.54, 1.807) is 6.20 Å². The molecule has 0 saturated carbocycles. The van der Waals surface area contributed by atoms with Crippen molar-refractivity contribution < 1.29 is 4.74 Å². The van der Waals surface area contributed by atoms with Gasteiger partial charge in [0, 0.05) is 22.8 Å². The Morgan fingerprint density at radius 2 is 2.00 bits per heavy atom. The summed E-state index contributed by atoms with van der Waals surface area (Å²) in [5.41, 5.74) is 2.23. The predicted octanol–water partition coefficient (Wildman–Crippen LogP) is 3.66. The molecule has 2 aromatic rings. The third-order valence-corrected chi connectivity index (χ3v) is 2.95. The second-order valence-corrected chi connectivity index (χ2v) is 4.97. The lowest BCUT2D eigenvalue weighted by Gasteiger charge is -2.08. The average Bonchev–Trinajstić information content (AvgIpc) is 2.35. The van der Waals surface area contributed by atoms with E-state index in [0.29, 0.717) is 5.88 Å². The van der Waals surface area contributed by atoms with E-state index in [4.69, 9.17) is 4.74 Å². The van der Waals surface area contributed by atoms with Crippen LogP contribution in [0.4, 0.5) is 0 Å². The van der Waals surface area contributed by atoms with Gasteiger partial charge in [0.2, 0.25) is 5.88 Å². The van der Waals surface area contributed by atoms with E-state index in [2.05, 4.69) is 26.2 Å². The van der Waals surface area contributed by atoms with Crippen molar-refractivity contribution in [1.29, 1.82) is 0 Å². The number of ether oxygens (including phenoxy) is 1. The number of benzene rings is 1. The highest BCUT2D eigenvalue weighted by Gasteiger charge is 2.03. The lowest BCUT2D eigenvalue weighted by Crippen LogP contribution is -2.04. The molecule has 1 aromatic heterocycles. The first-order chi connectivity index (χ1) is 8.69. The van der Waals surface area contributed by atoms with Gasteiger partial charge in [0.1, 0.15) is 5.75 Å². The summed E-state index contributed by atoms with van der Waals surface area (Å²) in [6.07, 6.45) is 1.73. The molecular formula is C14H15BrN2O. The maximum atomic E-state index is 5.74. The summed E-state index contributed by atoms with van der Waals surface area (Å²) in [5, 5.41) is 3.11. The predicted molar refractivity (Wildman–Crippen MR) is 76.0 cm³/mol. The van der Waals surface area contributed by atoms with Gasteiger partial charge in [0.15, 0.2) is 0 Å². The summed E-state index contributed by atoms with van der Waals surface area (Å²) in [6, 6.07) is 9.98. The summed E-state index contributed by atoms with van der Waals surface area (Å²) in [4.78, 5) is 4.25. The van der Waals surface area contributed by atoms with Gasteiger partial charge >= 0.3 is 0 Å². The number of rotatable bonds is 4. The fourth-order valence-corrected chi connectivity index (χ4v) is 2.07. The Morgan fingerprint density at radius 3 is 2.61 bits per heavy atom. The standard InChI is InChI=1S/C14H15BrN2O/c1-10-7-12(15)9-17-14(10)18-13-5-3-11(4-6-13)8-16-2/h3-7,9,16H,8H2,1-2H3. The van der Waals surface area contributed by atoms with Gasteiger partial charge in [-0.3, -0.25) is 0 Å². The number of aromatic nitrogens is 1. The molecule has 0 aliphatic rings. The maximum absolute atomic E-state index is 5.74. The second kappa shape index (κ2) is 5.98. The van der Waals surface area contributed by atoms with Gasteiger partial charge in [-0.25, -0.2) is 4.98 Å². The van der Waals surface area contributed by atoms with Crippen molar-refractivity contribution in [2.45, 2.75) is 13.5 Å². The zero-order valence-corrected chi connectivity index (χ0v) is 12.0. The third kappa shape index (κ3) is 3.31. The van der Waals surface area contributed by atoms with Crippen molar-refractivity contribution in [1.82, 2.24) is 10.3 Å². The molecule has 0 fully saturated rings. The summed E-state index contributed by atoms with van der Waals surface area (Å²) >= 11 is 3.38. The van der Waals surface area contributed by atoms with Gasteiger partial charge in [0.25, 0.3) is 0 Å². The molecule has 18 heavy (non-hydrogen) atoms. The Kier molecular flexibility index (Phi) is 4.33. The lowest BCUT2D eigenvalue weighted by molar-refractivity contribution is 0.458. The Balaban J connectivity index is 2.13. The van der Waals surface area contributed by atoms with E-state index in [-0.39, 0.29) is 0 Å². The first-order valence-electron chi connectivity index (χ1n) is 5.72. The van der Waals surface area contributed by atoms with Crippen molar-refractivity contribution in [3.05, 3.63) is 52.1 Å². The Morgan fingerprint density at radius 1 is 1.28 bits per heavy atom. The van der Waals surface area contributed by atoms with E-state index in [0.717, 1.165) is 22.3 Å². The van der Waals surface area contributed by atoms with E-state index in [1.165, 1.54) is 5.56 Å². The number of aryl methyl sites for hydroxylation is 1. The highest BCUT2D eigenvalue weighted by atomic mass is 79.9. The van der Waals surface area contributed by atoms with Gasteiger partial charge in [-0.15, -0.1) is 0 Å². The van der Waals surface area contributed by atoms with Crippen LogP contribution in [0.15, 0.2) is 41.0 Å². The Hall–Kier alpha value is -1.39. The molecule has 0 aliphatic heterocycles. The molecule has 4 heteroatoms. The molecule has 0 bridgehead atoms. The Bertz CT molecular complexity index is 526. The van der Waals surface area contributed by atoms with Crippen LogP contribution in [0.2, 0.25) is 0 Å². The number of nitrogens with one attached hydrogen (secondary N) is 1. The van der Waals surface area contributed by atoms with Crippen molar-refractivity contribution in [3.8, 4) is 11.6 Å². The molecule has 3 nitrogen and oxygen atoms in total. The first-order valence-corrected chi connectivity index (χ1v) is 6.52. The molecule has 1 aromatic carbocycles. The highest BCUT2D eigenvalue weighted by molar-refractivity contribution is 9.10. The molecular weight excluding hydrogens is 292 g/mol. The molecule has 0 radical (unpaired) electrons. The van der Waals surface area contributed by atoms with Gasteiger partial charge in [-0.05, 0) is 53.7 Å². The maximum Gasteiger partial charge on any atom is 0.222 e. The van der Waals surface area contributed by atoms with Crippen LogP contribution in [0.1, 0.15) is 11.1 Å². The first kappa shape index (κ1) is 13.1. The Labute approximate surface area is 115 Å². The monoisotopic (exact) mass is 306 g/mol. The van der Waals surface area contributed by atoms with Crippen LogP contribution in [0.5, 0.6) is 11.6 Å². The van der Waals surface area contributed by atoms with E-state index in [1.807, 2.05) is 44.3 Å². The lowest BCUT2D eigenvalue weighted by atomic mass is 10.2. The molecule has 2 rings (SSSR count). The fraction of sp³-hybridized carbons (Fsp3) is 0.214. The SMILES string of the molecule is CNCc1ccc(Oc2ncc(Br)cc2C)cc1. The van der Waals surface area contributed by atoms with Crippen LogP contribution < -0.4 is 10.1 Å². The summed E-state index contributed by atoms with van der Waals surface area (Å²) < 4.78 is 6.70. The minimum absolute atomic E-state index is 0.638. The van der Waals surface area contributed by atoms with Gasteiger partial charge < -0.3 is 10.1 Å². The van der Waals surface area contributed by atoms with E-state index in [9.17, 15) is 0 Å². The normalized spacial score (nSPS) is 10.4. The van der Waals surface area contributed by atoms with Crippen molar-refractivity contribution in [2.24, 2.45) is 0 Å². The third-order valence-electron chi connectivity index (χ3n) is 2.52. The van der Waals surface area contributed by atoms with Crippen LogP contribution in [0, 0.1) is 6.92 Å². The topological polar surface area (TPSA) is 34.1 Å². The number of nitrogens with zero attached hydrogens (tertiary/aromatic N) is 1. The van der Waals surface area contributed by atoms with Crippen molar-refractivity contribution in [3.63, 3.8) is 0 Å². The largest absolute Gasteiger partial charge is 0.439 e. The minimum atomic E-state index is 0.638. The molecule has 0 spiro atoms. The van der Waals surface area contributed by atoms with Gasteiger partial charge in [-0.1, -0.05) is 12.1 Å². The van der Waals surface area contributed by atoms with Crippen molar-refractivity contribution in [2.75, 3.05) is 7.05 Å². The molecule has 0 amide bonds. The average molecular weight is 307 g/mol. The van der Waals surface area contributed by atoms with E-state index >= 15 is 0 Å². The van der Waals surface area contributed by atoms with Crippen LogP contribution >= 0.6 is 15.9 Å².